The predicted molar refractivity (Wildman–Crippen MR) is 89.4 cm³/mol. The van der Waals surface area contributed by atoms with Crippen molar-refractivity contribution in [2.75, 3.05) is 13.1 Å². The smallest absolute Gasteiger partial charge is 0.248 e. The second-order valence-electron chi connectivity index (χ2n) is 7.01. The van der Waals surface area contributed by atoms with Crippen LogP contribution in [0.25, 0.3) is 11.4 Å². The maximum absolute atomic E-state index is 11.4. The maximum Gasteiger partial charge on any atom is 0.248 e. The average molecular weight is 326 g/mol. The van der Waals surface area contributed by atoms with E-state index in [1.165, 1.54) is 32.1 Å². The summed E-state index contributed by atoms with van der Waals surface area (Å²) in [6, 6.07) is 7.04. The highest BCUT2D eigenvalue weighted by atomic mass is 16.5. The number of carbonyl (C=O) groups excluding carboxylic acids is 1. The van der Waals surface area contributed by atoms with Crippen LogP contribution in [-0.2, 0) is 0 Å². The second kappa shape index (κ2) is 6.02. The molecule has 6 heteroatoms. The lowest BCUT2D eigenvalue weighted by Crippen LogP contribution is -2.31. The first-order valence-corrected chi connectivity index (χ1v) is 8.63. The van der Waals surface area contributed by atoms with Gasteiger partial charge in [0.2, 0.25) is 17.6 Å². The number of aromatic nitrogens is 2. The van der Waals surface area contributed by atoms with Gasteiger partial charge < -0.3 is 15.6 Å². The van der Waals surface area contributed by atoms with Crippen molar-refractivity contribution in [1.82, 2.24) is 15.5 Å². The average Bonchev–Trinajstić information content (AvgIpc) is 3.23. The van der Waals surface area contributed by atoms with Crippen LogP contribution in [0.1, 0.15) is 54.3 Å². The highest BCUT2D eigenvalue weighted by Crippen LogP contribution is 2.49. The van der Waals surface area contributed by atoms with E-state index in [0.29, 0.717) is 17.3 Å². The Balaban J connectivity index is 1.63. The molecular formula is C18H22N4O2. The normalized spacial score (nSPS) is 22.8. The quantitative estimate of drug-likeness (QED) is 0.903. The Morgan fingerprint density at radius 2 is 2.12 bits per heavy atom. The third-order valence-electron chi connectivity index (χ3n) is 5.56. The Bertz CT molecular complexity index is 749. The van der Waals surface area contributed by atoms with Crippen LogP contribution in [0.3, 0.4) is 0 Å². The lowest BCUT2D eigenvalue weighted by molar-refractivity contribution is 0.100. The van der Waals surface area contributed by atoms with Crippen molar-refractivity contribution in [1.29, 1.82) is 0 Å². The van der Waals surface area contributed by atoms with Crippen LogP contribution in [0.15, 0.2) is 28.8 Å². The summed E-state index contributed by atoms with van der Waals surface area (Å²) in [4.78, 5) is 16.0. The van der Waals surface area contributed by atoms with Crippen molar-refractivity contribution < 1.29 is 9.32 Å². The molecule has 2 heterocycles. The van der Waals surface area contributed by atoms with E-state index in [1.807, 2.05) is 6.07 Å². The molecule has 3 N–H and O–H groups in total. The molecule has 1 saturated heterocycles. The van der Waals surface area contributed by atoms with Gasteiger partial charge in [-0.15, -0.1) is 0 Å². The van der Waals surface area contributed by atoms with Crippen LogP contribution >= 0.6 is 0 Å². The number of carbonyl (C=O) groups is 1. The van der Waals surface area contributed by atoms with E-state index in [1.54, 1.807) is 18.2 Å². The molecule has 1 aliphatic carbocycles. The number of primary amides is 1. The summed E-state index contributed by atoms with van der Waals surface area (Å²) >= 11 is 0. The molecule has 0 bridgehead atoms. The van der Waals surface area contributed by atoms with E-state index in [-0.39, 0.29) is 11.3 Å². The number of nitrogens with zero attached hydrogens (tertiary/aromatic N) is 2. The van der Waals surface area contributed by atoms with Crippen LogP contribution in [-0.4, -0.2) is 29.1 Å². The van der Waals surface area contributed by atoms with Crippen LogP contribution in [0, 0.1) is 5.41 Å². The Labute approximate surface area is 140 Å². The number of rotatable bonds is 3. The van der Waals surface area contributed by atoms with Gasteiger partial charge in [-0.25, -0.2) is 0 Å². The summed E-state index contributed by atoms with van der Waals surface area (Å²) in [7, 11) is 0. The van der Waals surface area contributed by atoms with Crippen molar-refractivity contribution in [2.45, 2.75) is 38.0 Å². The maximum atomic E-state index is 11.4. The Hall–Kier alpha value is -2.21. The van der Waals surface area contributed by atoms with Crippen molar-refractivity contribution in [2.24, 2.45) is 11.1 Å². The van der Waals surface area contributed by atoms with Crippen molar-refractivity contribution in [3.63, 3.8) is 0 Å². The molecule has 1 aliphatic heterocycles. The Morgan fingerprint density at radius 3 is 2.92 bits per heavy atom. The molecule has 2 aromatic rings. The van der Waals surface area contributed by atoms with E-state index in [4.69, 9.17) is 10.3 Å². The van der Waals surface area contributed by atoms with Crippen LogP contribution in [0.4, 0.5) is 0 Å². The molecule has 1 atom stereocenters. The minimum atomic E-state index is -0.457. The standard InChI is InChI=1S/C18H22N4O2/c19-15(23)12-5-4-6-13(9-12)16-21-17(24-22-16)14-10-20-11-18(14)7-2-1-3-8-18/h4-6,9,14,20H,1-3,7-8,10-11H2,(H2,19,23)/t14-/m1/s1. The summed E-state index contributed by atoms with van der Waals surface area (Å²) in [6.45, 7) is 1.93. The number of hydrogen-bond donors (Lipinski definition) is 2. The summed E-state index contributed by atoms with van der Waals surface area (Å²) in [6.07, 6.45) is 6.32. The zero-order chi connectivity index (χ0) is 16.6. The molecule has 0 unspecified atom stereocenters. The summed E-state index contributed by atoms with van der Waals surface area (Å²) in [5, 5.41) is 7.66. The summed E-state index contributed by atoms with van der Waals surface area (Å²) < 4.78 is 5.61. The van der Waals surface area contributed by atoms with Gasteiger partial charge in [-0.3, -0.25) is 4.79 Å². The SMILES string of the molecule is NC(=O)c1cccc(-c2noc([C@H]3CNCC34CCCCC4)n2)c1. The molecule has 1 spiro atoms. The minimum absolute atomic E-state index is 0.261. The molecule has 2 fully saturated rings. The van der Waals surface area contributed by atoms with Crippen molar-refractivity contribution in [3.05, 3.63) is 35.7 Å². The first-order valence-electron chi connectivity index (χ1n) is 8.63. The highest BCUT2D eigenvalue weighted by molar-refractivity contribution is 5.93. The van der Waals surface area contributed by atoms with Gasteiger partial charge in [0.15, 0.2) is 0 Å². The van der Waals surface area contributed by atoms with Crippen molar-refractivity contribution >= 4 is 5.91 Å². The van der Waals surface area contributed by atoms with E-state index in [0.717, 1.165) is 18.7 Å². The first kappa shape index (κ1) is 15.3. The molecular weight excluding hydrogens is 304 g/mol. The lowest BCUT2D eigenvalue weighted by Gasteiger charge is -2.36. The number of benzene rings is 1. The molecule has 2 aliphatic rings. The third kappa shape index (κ3) is 2.60. The second-order valence-corrected chi connectivity index (χ2v) is 7.01. The molecule has 1 aromatic carbocycles. The number of amides is 1. The molecule has 6 nitrogen and oxygen atoms in total. The molecule has 1 saturated carbocycles. The van der Waals surface area contributed by atoms with E-state index in [2.05, 4.69) is 15.5 Å². The topological polar surface area (TPSA) is 94.0 Å². The minimum Gasteiger partial charge on any atom is -0.366 e. The highest BCUT2D eigenvalue weighted by Gasteiger charge is 2.46. The largest absolute Gasteiger partial charge is 0.366 e. The molecule has 24 heavy (non-hydrogen) atoms. The zero-order valence-electron chi connectivity index (χ0n) is 13.6. The Morgan fingerprint density at radius 1 is 1.29 bits per heavy atom. The zero-order valence-corrected chi connectivity index (χ0v) is 13.6. The van der Waals surface area contributed by atoms with Gasteiger partial charge in [0.1, 0.15) is 0 Å². The summed E-state index contributed by atoms with van der Waals surface area (Å²) in [5.74, 6) is 1.05. The number of nitrogens with one attached hydrogen (secondary N) is 1. The Kier molecular flexibility index (Phi) is 3.84. The molecule has 126 valence electrons. The molecule has 1 amide bonds. The van der Waals surface area contributed by atoms with E-state index < -0.39 is 5.91 Å². The van der Waals surface area contributed by atoms with Gasteiger partial charge >= 0.3 is 0 Å². The molecule has 1 aromatic heterocycles. The van der Waals surface area contributed by atoms with Crippen LogP contribution in [0.5, 0.6) is 0 Å². The monoisotopic (exact) mass is 326 g/mol. The number of nitrogens with two attached hydrogens (primary N) is 1. The fourth-order valence-electron chi connectivity index (χ4n) is 4.24. The van der Waals surface area contributed by atoms with Gasteiger partial charge in [0.25, 0.3) is 0 Å². The third-order valence-corrected chi connectivity index (χ3v) is 5.56. The van der Waals surface area contributed by atoms with Crippen LogP contribution in [0.2, 0.25) is 0 Å². The van der Waals surface area contributed by atoms with Crippen molar-refractivity contribution in [3.8, 4) is 11.4 Å². The van der Waals surface area contributed by atoms with Gasteiger partial charge in [-0.2, -0.15) is 4.98 Å². The van der Waals surface area contributed by atoms with Crippen LogP contribution < -0.4 is 11.1 Å². The fourth-order valence-corrected chi connectivity index (χ4v) is 4.24. The predicted octanol–water partition coefficient (Wildman–Crippen LogP) is 2.47. The first-order chi connectivity index (χ1) is 11.7. The van der Waals surface area contributed by atoms with E-state index >= 15 is 0 Å². The van der Waals surface area contributed by atoms with Gasteiger partial charge in [-0.1, -0.05) is 36.6 Å². The number of hydrogen-bond acceptors (Lipinski definition) is 5. The van der Waals surface area contributed by atoms with E-state index in [9.17, 15) is 4.79 Å². The lowest BCUT2D eigenvalue weighted by atomic mass is 9.67. The van der Waals surface area contributed by atoms with Gasteiger partial charge in [0.05, 0.1) is 5.92 Å². The van der Waals surface area contributed by atoms with Gasteiger partial charge in [0, 0.05) is 24.2 Å². The fraction of sp³-hybridized carbons (Fsp3) is 0.500. The van der Waals surface area contributed by atoms with Gasteiger partial charge in [-0.05, 0) is 30.4 Å². The summed E-state index contributed by atoms with van der Waals surface area (Å²) in [5.41, 5.74) is 6.81. The molecule has 0 radical (unpaired) electrons. The molecule has 4 rings (SSSR count).